The Morgan fingerprint density at radius 3 is 2.68 bits per heavy atom. The minimum atomic E-state index is 0.287. The fourth-order valence-corrected chi connectivity index (χ4v) is 2.74. The summed E-state index contributed by atoms with van der Waals surface area (Å²) in [6.45, 7) is 0.398. The van der Waals surface area contributed by atoms with Crippen LogP contribution in [0.1, 0.15) is 0 Å². The van der Waals surface area contributed by atoms with E-state index in [1.54, 1.807) is 10.7 Å². The topological polar surface area (TPSA) is 43.0 Å². The third kappa shape index (κ3) is 3.24. The molecular formula is C15H11BrClN3OS. The van der Waals surface area contributed by atoms with E-state index < -0.39 is 0 Å². The lowest BCUT2D eigenvalue weighted by Gasteiger charge is -2.07. The molecule has 0 atom stereocenters. The van der Waals surface area contributed by atoms with Gasteiger partial charge in [0.1, 0.15) is 6.67 Å². The number of nitrogens with one attached hydrogen (secondary N) is 1. The zero-order valence-electron chi connectivity index (χ0n) is 11.3. The Bertz CT molecular complexity index is 862. The molecule has 112 valence electrons. The zero-order chi connectivity index (χ0) is 15.5. The molecule has 1 heterocycles. The van der Waals surface area contributed by atoms with Crippen molar-refractivity contribution in [2.24, 2.45) is 0 Å². The number of hydrogen-bond donors (Lipinski definition) is 1. The van der Waals surface area contributed by atoms with Crippen molar-refractivity contribution in [2.45, 2.75) is 6.67 Å². The monoisotopic (exact) mass is 395 g/mol. The van der Waals surface area contributed by atoms with Crippen LogP contribution in [0.2, 0.25) is 5.02 Å². The van der Waals surface area contributed by atoms with Crippen LogP contribution in [0.15, 0.2) is 57.4 Å². The summed E-state index contributed by atoms with van der Waals surface area (Å²) in [6, 6.07) is 15.2. The van der Waals surface area contributed by atoms with Gasteiger partial charge in [-0.25, -0.2) is 4.68 Å². The van der Waals surface area contributed by atoms with Crippen molar-refractivity contribution in [3.8, 4) is 11.5 Å². The average molecular weight is 397 g/mol. The van der Waals surface area contributed by atoms with Gasteiger partial charge >= 0.3 is 0 Å². The van der Waals surface area contributed by atoms with Crippen LogP contribution in [0.25, 0.3) is 11.5 Å². The third-order valence-corrected chi connectivity index (χ3v) is 4.32. The molecule has 4 nitrogen and oxygen atoms in total. The van der Waals surface area contributed by atoms with Crippen LogP contribution in [0, 0.1) is 4.84 Å². The highest BCUT2D eigenvalue weighted by molar-refractivity contribution is 9.10. The van der Waals surface area contributed by atoms with E-state index in [0.717, 1.165) is 15.7 Å². The standard InChI is InChI=1S/C15H11BrClN3OS/c16-11-6-2-4-8-13(11)18-9-20-15(22)21-14(19-20)10-5-1-3-7-12(10)17/h1-8,18H,9H2. The van der Waals surface area contributed by atoms with Gasteiger partial charge in [-0.2, -0.15) is 0 Å². The molecule has 0 aliphatic carbocycles. The first-order valence-electron chi connectivity index (χ1n) is 6.46. The van der Waals surface area contributed by atoms with E-state index in [9.17, 15) is 0 Å². The van der Waals surface area contributed by atoms with E-state index >= 15 is 0 Å². The smallest absolute Gasteiger partial charge is 0.289 e. The van der Waals surface area contributed by atoms with Crippen molar-refractivity contribution in [1.29, 1.82) is 0 Å². The molecule has 0 spiro atoms. The number of para-hydroxylation sites is 1. The van der Waals surface area contributed by atoms with Crippen molar-refractivity contribution in [3.05, 3.63) is 62.9 Å². The minimum Gasteiger partial charge on any atom is -0.409 e. The average Bonchev–Trinajstić information content (AvgIpc) is 2.88. The lowest BCUT2D eigenvalue weighted by Crippen LogP contribution is -2.09. The molecule has 3 aromatic rings. The molecule has 0 saturated carbocycles. The summed E-state index contributed by atoms with van der Waals surface area (Å²) in [7, 11) is 0. The highest BCUT2D eigenvalue weighted by atomic mass is 79.9. The van der Waals surface area contributed by atoms with Crippen molar-refractivity contribution in [3.63, 3.8) is 0 Å². The Morgan fingerprint density at radius 1 is 1.18 bits per heavy atom. The van der Waals surface area contributed by atoms with E-state index in [4.69, 9.17) is 28.2 Å². The van der Waals surface area contributed by atoms with Gasteiger partial charge in [0.15, 0.2) is 0 Å². The number of anilines is 1. The van der Waals surface area contributed by atoms with Gasteiger partial charge in [-0.3, -0.25) is 0 Å². The van der Waals surface area contributed by atoms with E-state index in [1.165, 1.54) is 0 Å². The van der Waals surface area contributed by atoms with Crippen LogP contribution in [-0.4, -0.2) is 9.78 Å². The molecule has 0 amide bonds. The number of nitrogens with zero attached hydrogens (tertiary/aromatic N) is 2. The number of aromatic nitrogens is 2. The van der Waals surface area contributed by atoms with Gasteiger partial charge < -0.3 is 9.73 Å². The normalized spacial score (nSPS) is 10.6. The van der Waals surface area contributed by atoms with Gasteiger partial charge in [0.2, 0.25) is 5.89 Å². The highest BCUT2D eigenvalue weighted by Crippen LogP contribution is 2.26. The third-order valence-electron chi connectivity index (χ3n) is 3.00. The molecule has 3 rings (SSSR count). The number of benzene rings is 2. The van der Waals surface area contributed by atoms with Crippen LogP contribution in [0.4, 0.5) is 5.69 Å². The fraction of sp³-hybridized carbons (Fsp3) is 0.0667. The Balaban J connectivity index is 1.83. The number of hydrogen-bond acceptors (Lipinski definition) is 4. The van der Waals surface area contributed by atoms with Gasteiger partial charge in [0.05, 0.1) is 10.6 Å². The van der Waals surface area contributed by atoms with Gasteiger partial charge in [-0.1, -0.05) is 35.9 Å². The molecule has 0 unspecified atom stereocenters. The summed E-state index contributed by atoms with van der Waals surface area (Å²) in [5, 5.41) is 8.19. The summed E-state index contributed by atoms with van der Waals surface area (Å²) in [5.74, 6) is 0.407. The minimum absolute atomic E-state index is 0.287. The van der Waals surface area contributed by atoms with Crippen LogP contribution < -0.4 is 5.32 Å². The number of halogens is 2. The summed E-state index contributed by atoms with van der Waals surface area (Å²) in [6.07, 6.45) is 0. The Hall–Kier alpha value is -1.63. The molecule has 7 heteroatoms. The van der Waals surface area contributed by atoms with Crippen LogP contribution >= 0.6 is 39.7 Å². The van der Waals surface area contributed by atoms with Crippen LogP contribution in [0.5, 0.6) is 0 Å². The second-order valence-corrected chi connectivity index (χ2v) is 6.08. The molecule has 0 radical (unpaired) electrons. The van der Waals surface area contributed by atoms with Crippen LogP contribution in [-0.2, 0) is 6.67 Å². The lowest BCUT2D eigenvalue weighted by molar-refractivity contribution is 0.522. The largest absolute Gasteiger partial charge is 0.409 e. The highest BCUT2D eigenvalue weighted by Gasteiger charge is 2.11. The van der Waals surface area contributed by atoms with Crippen LogP contribution in [0.3, 0.4) is 0 Å². The van der Waals surface area contributed by atoms with E-state index in [0.29, 0.717) is 17.6 Å². The zero-order valence-corrected chi connectivity index (χ0v) is 14.5. The SMILES string of the molecule is S=c1oc(-c2ccccc2Cl)nn1CNc1ccccc1Br. The molecule has 0 bridgehead atoms. The Kier molecular flexibility index (Phi) is 4.61. The molecule has 0 fully saturated rings. The molecule has 0 saturated heterocycles. The van der Waals surface area contributed by atoms with Gasteiger partial charge in [-0.05, 0) is 52.4 Å². The lowest BCUT2D eigenvalue weighted by atomic mass is 10.2. The molecule has 2 aromatic carbocycles. The van der Waals surface area contributed by atoms with Crippen molar-refractivity contribution in [2.75, 3.05) is 5.32 Å². The Morgan fingerprint density at radius 2 is 1.91 bits per heavy atom. The maximum absolute atomic E-state index is 6.15. The molecule has 1 N–H and O–H groups in total. The summed E-state index contributed by atoms with van der Waals surface area (Å²) < 4.78 is 8.08. The summed E-state index contributed by atoms with van der Waals surface area (Å²) in [5.41, 5.74) is 1.67. The first kappa shape index (κ1) is 15.3. The predicted octanol–water partition coefficient (Wildman–Crippen LogP) is 5.36. The van der Waals surface area contributed by atoms with E-state index in [1.807, 2.05) is 42.5 Å². The predicted molar refractivity (Wildman–Crippen MR) is 93.5 cm³/mol. The van der Waals surface area contributed by atoms with Gasteiger partial charge in [0, 0.05) is 10.2 Å². The molecule has 0 aliphatic heterocycles. The fourth-order valence-electron chi connectivity index (χ4n) is 1.91. The first-order valence-corrected chi connectivity index (χ1v) is 8.04. The summed E-state index contributed by atoms with van der Waals surface area (Å²) >= 11 is 14.8. The molecule has 22 heavy (non-hydrogen) atoms. The second kappa shape index (κ2) is 6.64. The molecule has 1 aromatic heterocycles. The molecular weight excluding hydrogens is 386 g/mol. The van der Waals surface area contributed by atoms with Crippen molar-refractivity contribution >= 4 is 45.4 Å². The second-order valence-electron chi connectivity index (χ2n) is 4.47. The quantitative estimate of drug-likeness (QED) is 0.603. The molecule has 0 aliphatic rings. The van der Waals surface area contributed by atoms with Gasteiger partial charge in [0.25, 0.3) is 4.84 Å². The first-order chi connectivity index (χ1) is 10.6. The van der Waals surface area contributed by atoms with Crippen molar-refractivity contribution < 1.29 is 4.42 Å². The van der Waals surface area contributed by atoms with Crippen molar-refractivity contribution in [1.82, 2.24) is 9.78 Å². The summed E-state index contributed by atoms with van der Waals surface area (Å²) in [4.78, 5) is 0.287. The van der Waals surface area contributed by atoms with E-state index in [2.05, 4.69) is 26.3 Å². The van der Waals surface area contributed by atoms with E-state index in [-0.39, 0.29) is 4.84 Å². The Labute approximate surface area is 145 Å². The van der Waals surface area contributed by atoms with Gasteiger partial charge in [-0.15, -0.1) is 5.10 Å². The number of rotatable bonds is 4. The maximum Gasteiger partial charge on any atom is 0.289 e. The maximum atomic E-state index is 6.15.